The van der Waals surface area contributed by atoms with Crippen molar-refractivity contribution in [3.63, 3.8) is 0 Å². The molecule has 0 saturated heterocycles. The number of benzene rings is 1. The number of nitrogens with two attached hydrogens (primary N) is 1. The average molecular weight is 300 g/mol. The standard InChI is InChI=1S/C13H18ClN3O3/c1-8(13(15)19)17(2)7-12(18)16-10-6-9(14)4-5-11(10)20-3/h4-6,8H,7H2,1-3H3,(H2,15,19)(H,16,18). The van der Waals surface area contributed by atoms with Gasteiger partial charge in [0.05, 0.1) is 25.4 Å². The maximum Gasteiger partial charge on any atom is 0.238 e. The number of rotatable bonds is 6. The summed E-state index contributed by atoms with van der Waals surface area (Å²) in [6.45, 7) is 1.66. The van der Waals surface area contributed by atoms with Crippen LogP contribution in [0.3, 0.4) is 0 Å². The Labute approximate surface area is 122 Å². The lowest BCUT2D eigenvalue weighted by molar-refractivity contribution is -0.123. The third-order valence-corrected chi connectivity index (χ3v) is 3.14. The van der Waals surface area contributed by atoms with Crippen LogP contribution >= 0.6 is 11.6 Å². The molecule has 1 atom stereocenters. The number of carbonyl (C=O) groups is 2. The Hall–Kier alpha value is -1.79. The maximum absolute atomic E-state index is 11.9. The van der Waals surface area contributed by atoms with E-state index in [1.165, 1.54) is 7.11 Å². The molecule has 1 aromatic carbocycles. The Balaban J connectivity index is 2.71. The van der Waals surface area contributed by atoms with Gasteiger partial charge in [-0.2, -0.15) is 0 Å². The van der Waals surface area contributed by atoms with Gasteiger partial charge in [0.15, 0.2) is 0 Å². The SMILES string of the molecule is COc1ccc(Cl)cc1NC(=O)CN(C)C(C)C(N)=O. The number of methoxy groups -OCH3 is 1. The number of likely N-dealkylation sites (N-methyl/N-ethyl adjacent to an activating group) is 1. The van der Waals surface area contributed by atoms with Crippen LogP contribution < -0.4 is 15.8 Å². The average Bonchev–Trinajstić information content (AvgIpc) is 2.37. The smallest absolute Gasteiger partial charge is 0.238 e. The number of nitrogens with zero attached hydrogens (tertiary/aromatic N) is 1. The van der Waals surface area contributed by atoms with Crippen molar-refractivity contribution in [2.75, 3.05) is 26.0 Å². The van der Waals surface area contributed by atoms with Gasteiger partial charge in [0.25, 0.3) is 0 Å². The molecule has 0 heterocycles. The van der Waals surface area contributed by atoms with Crippen molar-refractivity contribution in [1.82, 2.24) is 4.90 Å². The van der Waals surface area contributed by atoms with Crippen LogP contribution in [0.25, 0.3) is 0 Å². The molecule has 3 N–H and O–H groups in total. The van der Waals surface area contributed by atoms with Gasteiger partial charge in [-0.25, -0.2) is 0 Å². The van der Waals surface area contributed by atoms with Gasteiger partial charge >= 0.3 is 0 Å². The summed E-state index contributed by atoms with van der Waals surface area (Å²) < 4.78 is 5.13. The maximum atomic E-state index is 11.9. The summed E-state index contributed by atoms with van der Waals surface area (Å²) in [6, 6.07) is 4.39. The molecule has 2 amide bonds. The molecule has 0 aliphatic heterocycles. The highest BCUT2D eigenvalue weighted by Gasteiger charge is 2.18. The number of amides is 2. The molecule has 7 heteroatoms. The summed E-state index contributed by atoms with van der Waals surface area (Å²) in [5, 5.41) is 3.17. The Bertz CT molecular complexity index is 508. The minimum absolute atomic E-state index is 0.0276. The quantitative estimate of drug-likeness (QED) is 0.823. The van der Waals surface area contributed by atoms with E-state index in [4.69, 9.17) is 22.1 Å². The van der Waals surface area contributed by atoms with E-state index >= 15 is 0 Å². The van der Waals surface area contributed by atoms with Gasteiger partial charge in [0.1, 0.15) is 5.75 Å². The minimum atomic E-state index is -0.526. The summed E-state index contributed by atoms with van der Waals surface area (Å²) in [6.07, 6.45) is 0. The Kier molecular flexibility index (Phi) is 5.79. The summed E-state index contributed by atoms with van der Waals surface area (Å²) in [5.74, 6) is -0.268. The normalized spacial score (nSPS) is 12.1. The van der Waals surface area contributed by atoms with Crippen molar-refractivity contribution < 1.29 is 14.3 Å². The first-order valence-corrected chi connectivity index (χ1v) is 6.36. The predicted octanol–water partition coefficient (Wildman–Crippen LogP) is 1.09. The Morgan fingerprint density at radius 1 is 1.50 bits per heavy atom. The molecule has 110 valence electrons. The number of halogens is 1. The van der Waals surface area contributed by atoms with E-state index in [9.17, 15) is 9.59 Å². The predicted molar refractivity (Wildman–Crippen MR) is 77.9 cm³/mol. The highest BCUT2D eigenvalue weighted by molar-refractivity contribution is 6.31. The number of ether oxygens (including phenoxy) is 1. The van der Waals surface area contributed by atoms with E-state index < -0.39 is 11.9 Å². The van der Waals surface area contributed by atoms with Crippen LogP contribution in [0.5, 0.6) is 5.75 Å². The zero-order chi connectivity index (χ0) is 15.3. The second kappa shape index (κ2) is 7.12. The molecular weight excluding hydrogens is 282 g/mol. The topological polar surface area (TPSA) is 84.7 Å². The molecule has 6 nitrogen and oxygen atoms in total. The lowest BCUT2D eigenvalue weighted by atomic mass is 10.2. The second-order valence-corrected chi connectivity index (χ2v) is 4.82. The number of hydrogen-bond acceptors (Lipinski definition) is 4. The Morgan fingerprint density at radius 2 is 2.15 bits per heavy atom. The van der Waals surface area contributed by atoms with Gasteiger partial charge in [-0.3, -0.25) is 14.5 Å². The summed E-state index contributed by atoms with van der Waals surface area (Å²) >= 11 is 5.88. The highest BCUT2D eigenvalue weighted by Crippen LogP contribution is 2.27. The fraction of sp³-hybridized carbons (Fsp3) is 0.385. The van der Waals surface area contributed by atoms with Crippen molar-refractivity contribution >= 4 is 29.1 Å². The van der Waals surface area contributed by atoms with E-state index in [0.29, 0.717) is 16.5 Å². The number of hydrogen-bond donors (Lipinski definition) is 2. The van der Waals surface area contributed by atoms with E-state index in [2.05, 4.69) is 5.32 Å². The third kappa shape index (κ3) is 4.40. The van der Waals surface area contributed by atoms with Crippen molar-refractivity contribution in [3.8, 4) is 5.75 Å². The van der Waals surface area contributed by atoms with Crippen LogP contribution in [0.4, 0.5) is 5.69 Å². The molecule has 0 spiro atoms. The molecule has 0 saturated carbocycles. The molecule has 0 aliphatic rings. The van der Waals surface area contributed by atoms with Crippen LogP contribution in [0, 0.1) is 0 Å². The molecule has 0 radical (unpaired) electrons. The number of nitrogens with one attached hydrogen (secondary N) is 1. The van der Waals surface area contributed by atoms with Crippen molar-refractivity contribution in [3.05, 3.63) is 23.2 Å². The fourth-order valence-corrected chi connectivity index (χ4v) is 1.72. The summed E-state index contributed by atoms with van der Waals surface area (Å²) in [4.78, 5) is 24.5. The fourth-order valence-electron chi connectivity index (χ4n) is 1.55. The molecule has 1 rings (SSSR count). The molecule has 20 heavy (non-hydrogen) atoms. The van der Waals surface area contributed by atoms with Crippen LogP contribution in [0.2, 0.25) is 5.02 Å². The molecule has 0 aromatic heterocycles. The van der Waals surface area contributed by atoms with Crippen molar-refractivity contribution in [2.45, 2.75) is 13.0 Å². The van der Waals surface area contributed by atoms with E-state index in [1.807, 2.05) is 0 Å². The van der Waals surface area contributed by atoms with Gasteiger partial charge in [-0.05, 0) is 32.2 Å². The van der Waals surface area contributed by atoms with E-state index in [0.717, 1.165) is 0 Å². The zero-order valence-corrected chi connectivity index (χ0v) is 12.4. The van der Waals surface area contributed by atoms with Crippen LogP contribution in [-0.2, 0) is 9.59 Å². The monoisotopic (exact) mass is 299 g/mol. The minimum Gasteiger partial charge on any atom is -0.495 e. The largest absolute Gasteiger partial charge is 0.495 e. The van der Waals surface area contributed by atoms with Gasteiger partial charge in [-0.15, -0.1) is 0 Å². The molecule has 1 unspecified atom stereocenters. The summed E-state index contributed by atoms with van der Waals surface area (Å²) in [7, 11) is 3.14. The van der Waals surface area contributed by atoms with Crippen LogP contribution in [-0.4, -0.2) is 43.5 Å². The van der Waals surface area contributed by atoms with Gasteiger partial charge in [0.2, 0.25) is 11.8 Å². The van der Waals surface area contributed by atoms with E-state index in [1.54, 1.807) is 37.1 Å². The lowest BCUT2D eigenvalue weighted by Crippen LogP contribution is -2.43. The molecule has 0 bridgehead atoms. The number of anilines is 1. The summed E-state index contributed by atoms with van der Waals surface area (Å²) in [5.41, 5.74) is 5.66. The Morgan fingerprint density at radius 3 is 2.70 bits per heavy atom. The number of primary amides is 1. The van der Waals surface area contributed by atoms with E-state index in [-0.39, 0.29) is 12.5 Å². The van der Waals surface area contributed by atoms with Crippen LogP contribution in [0.15, 0.2) is 18.2 Å². The second-order valence-electron chi connectivity index (χ2n) is 4.39. The molecular formula is C13H18ClN3O3. The van der Waals surface area contributed by atoms with Crippen molar-refractivity contribution in [1.29, 1.82) is 0 Å². The molecule has 0 aliphatic carbocycles. The zero-order valence-electron chi connectivity index (χ0n) is 11.6. The molecule has 1 aromatic rings. The first kappa shape index (κ1) is 16.3. The first-order chi connectivity index (χ1) is 9.35. The molecule has 0 fully saturated rings. The lowest BCUT2D eigenvalue weighted by Gasteiger charge is -2.21. The number of carbonyl (C=O) groups excluding carboxylic acids is 2. The third-order valence-electron chi connectivity index (χ3n) is 2.90. The van der Waals surface area contributed by atoms with Crippen LogP contribution in [0.1, 0.15) is 6.92 Å². The first-order valence-electron chi connectivity index (χ1n) is 5.98. The van der Waals surface area contributed by atoms with Gasteiger partial charge in [-0.1, -0.05) is 11.6 Å². The van der Waals surface area contributed by atoms with Gasteiger partial charge < -0.3 is 15.8 Å². The highest BCUT2D eigenvalue weighted by atomic mass is 35.5. The van der Waals surface area contributed by atoms with Gasteiger partial charge in [0, 0.05) is 5.02 Å². The van der Waals surface area contributed by atoms with Crippen molar-refractivity contribution in [2.24, 2.45) is 5.73 Å².